The lowest BCUT2D eigenvalue weighted by Crippen LogP contribution is -2.32. The van der Waals surface area contributed by atoms with E-state index in [1.54, 1.807) is 13.0 Å². The van der Waals surface area contributed by atoms with Crippen molar-refractivity contribution in [3.8, 4) is 6.07 Å². The normalized spacial score (nSPS) is 11.8. The minimum absolute atomic E-state index is 0.158. The molecule has 1 aromatic heterocycles. The third-order valence-corrected chi connectivity index (χ3v) is 2.25. The second-order valence-corrected chi connectivity index (χ2v) is 3.56. The van der Waals surface area contributed by atoms with Gasteiger partial charge in [-0.3, -0.25) is 4.79 Å². The van der Waals surface area contributed by atoms with Crippen LogP contribution in [0.4, 0.5) is 0 Å². The summed E-state index contributed by atoms with van der Waals surface area (Å²) in [5.41, 5.74) is 0.440. The molecule has 14 heavy (non-hydrogen) atoms. The summed E-state index contributed by atoms with van der Waals surface area (Å²) in [6, 6.07) is 3.39. The van der Waals surface area contributed by atoms with Gasteiger partial charge in [0, 0.05) is 6.04 Å². The van der Waals surface area contributed by atoms with Crippen molar-refractivity contribution < 1.29 is 9.21 Å². The zero-order valence-corrected chi connectivity index (χ0v) is 9.17. The van der Waals surface area contributed by atoms with Crippen molar-refractivity contribution in [2.45, 2.75) is 19.4 Å². The van der Waals surface area contributed by atoms with E-state index in [9.17, 15) is 4.79 Å². The van der Waals surface area contributed by atoms with Gasteiger partial charge in [0.05, 0.1) is 24.3 Å². The number of furan rings is 1. The highest BCUT2D eigenvalue weighted by molar-refractivity contribution is 9.10. The molecule has 0 aliphatic carbocycles. The van der Waals surface area contributed by atoms with Gasteiger partial charge < -0.3 is 9.73 Å². The second-order valence-electron chi connectivity index (χ2n) is 2.84. The number of halogens is 1. The van der Waals surface area contributed by atoms with Gasteiger partial charge in [0.1, 0.15) is 0 Å². The van der Waals surface area contributed by atoms with Crippen molar-refractivity contribution in [3.05, 3.63) is 22.6 Å². The van der Waals surface area contributed by atoms with Crippen molar-refractivity contribution in [2.24, 2.45) is 0 Å². The van der Waals surface area contributed by atoms with Crippen LogP contribution in [0.2, 0.25) is 0 Å². The van der Waals surface area contributed by atoms with Crippen LogP contribution in [-0.2, 0) is 0 Å². The fourth-order valence-corrected chi connectivity index (χ4v) is 1.37. The number of carbonyl (C=O) groups is 1. The molecule has 1 amide bonds. The molecule has 0 spiro atoms. The van der Waals surface area contributed by atoms with E-state index in [0.717, 1.165) is 0 Å². The summed E-state index contributed by atoms with van der Waals surface area (Å²) in [6.07, 6.45) is 1.72. The molecule has 5 heteroatoms. The van der Waals surface area contributed by atoms with Gasteiger partial charge in [0.25, 0.3) is 5.91 Å². The molecule has 1 rings (SSSR count). The Hall–Kier alpha value is -1.28. The summed E-state index contributed by atoms with van der Waals surface area (Å²) in [6.45, 7) is 1.77. The molecule has 0 aliphatic heterocycles. The molecule has 1 atom stereocenters. The van der Waals surface area contributed by atoms with Crippen molar-refractivity contribution in [2.75, 3.05) is 0 Å². The van der Waals surface area contributed by atoms with Gasteiger partial charge in [-0.1, -0.05) is 0 Å². The van der Waals surface area contributed by atoms with E-state index >= 15 is 0 Å². The Balaban J connectivity index is 2.60. The molecule has 0 fully saturated rings. The molecular formula is C9H9BrN2O2. The van der Waals surface area contributed by atoms with Crippen molar-refractivity contribution in [1.82, 2.24) is 5.32 Å². The van der Waals surface area contributed by atoms with Gasteiger partial charge in [-0.05, 0) is 28.9 Å². The average molecular weight is 257 g/mol. The first kappa shape index (κ1) is 10.8. The highest BCUT2D eigenvalue weighted by Crippen LogP contribution is 2.17. The standard InChI is InChI=1S/C9H9BrN2O2/c1-6(2-4-11)12-9(13)7-3-5-14-8(7)10/h3,5-6H,2H2,1H3,(H,12,13). The SMILES string of the molecule is CC(CC#N)NC(=O)c1ccoc1Br. The van der Waals surface area contributed by atoms with Gasteiger partial charge in [0.15, 0.2) is 4.67 Å². The third kappa shape index (κ3) is 2.60. The molecule has 0 saturated carbocycles. The first-order chi connectivity index (χ1) is 6.65. The maximum absolute atomic E-state index is 11.5. The minimum Gasteiger partial charge on any atom is -0.457 e. The Bertz CT molecular complexity index is 367. The van der Waals surface area contributed by atoms with Crippen LogP contribution in [0.1, 0.15) is 23.7 Å². The topological polar surface area (TPSA) is 66.0 Å². The maximum atomic E-state index is 11.5. The third-order valence-electron chi connectivity index (χ3n) is 1.64. The van der Waals surface area contributed by atoms with E-state index in [1.165, 1.54) is 6.26 Å². The molecule has 1 heterocycles. The number of hydrogen-bond acceptors (Lipinski definition) is 3. The first-order valence-corrected chi connectivity index (χ1v) is 4.85. The van der Waals surface area contributed by atoms with Crippen LogP contribution in [0, 0.1) is 11.3 Å². The van der Waals surface area contributed by atoms with Crippen LogP contribution in [-0.4, -0.2) is 11.9 Å². The van der Waals surface area contributed by atoms with E-state index < -0.39 is 0 Å². The molecule has 0 radical (unpaired) electrons. The van der Waals surface area contributed by atoms with E-state index in [1.807, 2.05) is 6.07 Å². The molecule has 1 unspecified atom stereocenters. The zero-order valence-electron chi connectivity index (χ0n) is 7.58. The van der Waals surface area contributed by atoms with Crippen LogP contribution in [0.5, 0.6) is 0 Å². The van der Waals surface area contributed by atoms with E-state index in [2.05, 4.69) is 21.2 Å². The van der Waals surface area contributed by atoms with Gasteiger partial charge in [0.2, 0.25) is 0 Å². The summed E-state index contributed by atoms with van der Waals surface area (Å²) >= 11 is 3.10. The molecule has 74 valence electrons. The number of amides is 1. The highest BCUT2D eigenvalue weighted by atomic mass is 79.9. The molecule has 0 aromatic carbocycles. The number of hydrogen-bond donors (Lipinski definition) is 1. The summed E-state index contributed by atoms with van der Waals surface area (Å²) in [5, 5.41) is 11.1. The molecule has 4 nitrogen and oxygen atoms in total. The largest absolute Gasteiger partial charge is 0.457 e. The summed E-state index contributed by atoms with van der Waals surface area (Å²) in [5.74, 6) is -0.242. The van der Waals surface area contributed by atoms with Crippen molar-refractivity contribution in [3.63, 3.8) is 0 Å². The predicted molar refractivity (Wildman–Crippen MR) is 53.6 cm³/mol. The highest BCUT2D eigenvalue weighted by Gasteiger charge is 2.14. The maximum Gasteiger partial charge on any atom is 0.255 e. The van der Waals surface area contributed by atoms with E-state index in [4.69, 9.17) is 9.68 Å². The minimum atomic E-state index is -0.242. The van der Waals surface area contributed by atoms with Gasteiger partial charge in [-0.25, -0.2) is 0 Å². The number of nitrogens with zero attached hydrogens (tertiary/aromatic N) is 1. The van der Waals surface area contributed by atoms with Gasteiger partial charge >= 0.3 is 0 Å². The smallest absolute Gasteiger partial charge is 0.255 e. The van der Waals surface area contributed by atoms with E-state index in [0.29, 0.717) is 16.7 Å². The number of rotatable bonds is 3. The summed E-state index contributed by atoms with van der Waals surface area (Å²) < 4.78 is 5.32. The number of nitriles is 1. The number of carbonyl (C=O) groups excluding carboxylic acids is 1. The Morgan fingerprint density at radius 2 is 2.57 bits per heavy atom. The van der Waals surface area contributed by atoms with Crippen LogP contribution < -0.4 is 5.32 Å². The first-order valence-electron chi connectivity index (χ1n) is 4.06. The lowest BCUT2D eigenvalue weighted by molar-refractivity contribution is 0.0939. The van der Waals surface area contributed by atoms with Crippen molar-refractivity contribution >= 4 is 21.8 Å². The van der Waals surface area contributed by atoms with Crippen LogP contribution in [0.25, 0.3) is 0 Å². The van der Waals surface area contributed by atoms with Crippen LogP contribution in [0.15, 0.2) is 21.4 Å². The van der Waals surface area contributed by atoms with Crippen molar-refractivity contribution in [1.29, 1.82) is 5.26 Å². The summed E-state index contributed by atoms with van der Waals surface area (Å²) in [4.78, 5) is 11.5. The monoisotopic (exact) mass is 256 g/mol. The Kier molecular flexibility index (Phi) is 3.72. The lowest BCUT2D eigenvalue weighted by Gasteiger charge is -2.08. The Morgan fingerprint density at radius 3 is 3.07 bits per heavy atom. The fourth-order valence-electron chi connectivity index (χ4n) is 0.945. The molecule has 0 aliphatic rings. The van der Waals surface area contributed by atoms with Gasteiger partial charge in [-0.15, -0.1) is 0 Å². The zero-order chi connectivity index (χ0) is 10.6. The Labute approximate surface area is 90.0 Å². The average Bonchev–Trinajstić information content (AvgIpc) is 2.51. The molecule has 1 aromatic rings. The van der Waals surface area contributed by atoms with Crippen LogP contribution in [0.3, 0.4) is 0 Å². The van der Waals surface area contributed by atoms with E-state index in [-0.39, 0.29) is 11.9 Å². The van der Waals surface area contributed by atoms with Crippen LogP contribution >= 0.6 is 15.9 Å². The molecule has 1 N–H and O–H groups in total. The molecule has 0 saturated heterocycles. The Morgan fingerprint density at radius 1 is 1.86 bits per heavy atom. The van der Waals surface area contributed by atoms with Gasteiger partial charge in [-0.2, -0.15) is 5.26 Å². The number of nitrogens with one attached hydrogen (secondary N) is 1. The fraction of sp³-hybridized carbons (Fsp3) is 0.333. The second kappa shape index (κ2) is 4.82. The molecule has 0 bridgehead atoms. The summed E-state index contributed by atoms with van der Waals surface area (Å²) in [7, 11) is 0. The molecular weight excluding hydrogens is 248 g/mol. The predicted octanol–water partition coefficient (Wildman–Crippen LogP) is 2.07. The quantitative estimate of drug-likeness (QED) is 0.901. The lowest BCUT2D eigenvalue weighted by atomic mass is 10.2.